The Labute approximate surface area is 297 Å². The number of amides is 1. The molecule has 3 aromatic heterocycles. The summed E-state index contributed by atoms with van der Waals surface area (Å²) in [5, 5.41) is 11.3. The fourth-order valence-electron chi connectivity index (χ4n) is 8.10. The minimum atomic E-state index is -2.83. The maximum atomic E-state index is 13.8. The molecule has 2 aromatic carbocycles. The zero-order valence-corrected chi connectivity index (χ0v) is 29.2. The number of nitrogens with zero attached hydrogens (tertiary/aromatic N) is 5. The number of likely N-dealkylation sites (tertiary alicyclic amines) is 1. The van der Waals surface area contributed by atoms with Gasteiger partial charge in [-0.15, -0.1) is 0 Å². The summed E-state index contributed by atoms with van der Waals surface area (Å²) in [6.07, 6.45) is 2.78. The summed E-state index contributed by atoms with van der Waals surface area (Å²) in [7, 11) is 3.14. The van der Waals surface area contributed by atoms with Crippen molar-refractivity contribution >= 4 is 39.8 Å². The first-order valence-electron chi connectivity index (χ1n) is 17.0. The highest BCUT2D eigenvalue weighted by Gasteiger charge is 2.46. The van der Waals surface area contributed by atoms with E-state index in [2.05, 4.69) is 31.7 Å². The van der Waals surface area contributed by atoms with Crippen LogP contribution in [0.25, 0.3) is 33.2 Å². The zero-order valence-electron chi connectivity index (χ0n) is 28.4. The van der Waals surface area contributed by atoms with E-state index in [1.807, 2.05) is 37.3 Å². The summed E-state index contributed by atoms with van der Waals surface area (Å²) in [5.74, 6) is 0.744. The van der Waals surface area contributed by atoms with Gasteiger partial charge in [0.05, 0.1) is 34.9 Å². The molecule has 3 aliphatic rings. The number of hydrogen-bond donors (Lipinski definition) is 2. The first-order valence-corrected chi connectivity index (χ1v) is 17.4. The van der Waals surface area contributed by atoms with E-state index in [0.717, 1.165) is 71.3 Å². The minimum Gasteiger partial charge on any atom is -0.481 e. The van der Waals surface area contributed by atoms with Gasteiger partial charge in [-0.25, -0.2) is 23.4 Å². The lowest BCUT2D eigenvalue weighted by atomic mass is 9.96. The van der Waals surface area contributed by atoms with Crippen molar-refractivity contribution in [2.75, 3.05) is 25.5 Å². The second-order valence-corrected chi connectivity index (χ2v) is 14.1. The number of methoxy groups -OCH3 is 1. The van der Waals surface area contributed by atoms with Crippen molar-refractivity contribution < 1.29 is 18.3 Å². The van der Waals surface area contributed by atoms with Crippen molar-refractivity contribution in [3.05, 3.63) is 92.5 Å². The Morgan fingerprint density at radius 1 is 1.06 bits per heavy atom. The smallest absolute Gasteiger partial charge is 0.280 e. The second kappa shape index (κ2) is 12.7. The molecule has 262 valence electrons. The molecule has 0 bridgehead atoms. The number of carbonyl (C=O) groups is 1. The average Bonchev–Trinajstić information content (AvgIpc) is 3.84. The van der Waals surface area contributed by atoms with Gasteiger partial charge in [0.25, 0.3) is 12.0 Å². The first kappa shape index (κ1) is 33.2. The Bertz CT molecular complexity index is 2300. The van der Waals surface area contributed by atoms with Crippen LogP contribution in [0.4, 0.5) is 20.3 Å². The number of aromatic nitrogens is 4. The van der Waals surface area contributed by atoms with Crippen LogP contribution in [0.3, 0.4) is 0 Å². The largest absolute Gasteiger partial charge is 0.481 e. The van der Waals surface area contributed by atoms with Crippen LogP contribution >= 0.6 is 11.6 Å². The number of fused-ring (bicyclic) bond motifs is 2. The molecule has 1 amide bonds. The molecule has 10 nitrogen and oxygen atoms in total. The van der Waals surface area contributed by atoms with Gasteiger partial charge in [0.1, 0.15) is 11.5 Å². The Kier molecular flexibility index (Phi) is 8.26. The Morgan fingerprint density at radius 2 is 1.84 bits per heavy atom. The van der Waals surface area contributed by atoms with Gasteiger partial charge in [-0.2, -0.15) is 5.10 Å². The summed E-state index contributed by atoms with van der Waals surface area (Å²) in [6.45, 7) is 3.64. The molecule has 2 atom stereocenters. The number of halogens is 3. The van der Waals surface area contributed by atoms with Crippen LogP contribution in [-0.2, 0) is 18.3 Å². The van der Waals surface area contributed by atoms with Crippen molar-refractivity contribution in [3.63, 3.8) is 0 Å². The van der Waals surface area contributed by atoms with E-state index < -0.39 is 17.7 Å². The van der Waals surface area contributed by atoms with Gasteiger partial charge in [-0.05, 0) is 67.5 Å². The lowest BCUT2D eigenvalue weighted by molar-refractivity contribution is -0.119. The van der Waals surface area contributed by atoms with Crippen molar-refractivity contribution in [2.24, 2.45) is 7.05 Å². The van der Waals surface area contributed by atoms with Gasteiger partial charge in [0.15, 0.2) is 0 Å². The van der Waals surface area contributed by atoms with Crippen molar-refractivity contribution in [3.8, 4) is 28.3 Å². The molecule has 2 N–H and O–H groups in total. The minimum absolute atomic E-state index is 0.0238. The number of benzene rings is 2. The third-order valence-corrected chi connectivity index (χ3v) is 11.1. The zero-order chi connectivity index (χ0) is 35.6. The number of aryl methyl sites for hydroxylation is 2. The highest BCUT2D eigenvalue weighted by Crippen LogP contribution is 2.47. The van der Waals surface area contributed by atoms with Gasteiger partial charge in [-0.3, -0.25) is 14.5 Å². The summed E-state index contributed by atoms with van der Waals surface area (Å²) in [6, 6.07) is 14.8. The molecular weight excluding hydrogens is 676 g/mol. The number of rotatable bonds is 7. The fraction of sp³-hybridized carbons (Fsp3) is 0.342. The van der Waals surface area contributed by atoms with E-state index in [9.17, 15) is 18.4 Å². The Hall–Kier alpha value is -4.94. The predicted molar refractivity (Wildman–Crippen MR) is 192 cm³/mol. The summed E-state index contributed by atoms with van der Waals surface area (Å²) >= 11 is 7.20. The summed E-state index contributed by atoms with van der Waals surface area (Å²) in [5.41, 5.74) is 5.62. The molecule has 0 radical (unpaired) electrons. The quantitative estimate of drug-likeness (QED) is 0.185. The van der Waals surface area contributed by atoms with Gasteiger partial charge >= 0.3 is 0 Å². The van der Waals surface area contributed by atoms with Crippen LogP contribution < -0.4 is 20.9 Å². The van der Waals surface area contributed by atoms with E-state index in [-0.39, 0.29) is 34.1 Å². The third-order valence-electron chi connectivity index (χ3n) is 10.7. The molecule has 13 heteroatoms. The van der Waals surface area contributed by atoms with Gasteiger partial charge in [0.2, 0.25) is 11.8 Å². The lowest BCUT2D eigenvalue weighted by Crippen LogP contribution is -2.44. The molecule has 51 heavy (non-hydrogen) atoms. The number of ether oxygens (including phenoxy) is 1. The molecule has 0 saturated carbocycles. The van der Waals surface area contributed by atoms with E-state index in [1.165, 1.54) is 24.9 Å². The molecular formula is C38H36ClF2N7O3. The molecule has 1 spiro atoms. The van der Waals surface area contributed by atoms with E-state index >= 15 is 0 Å². The van der Waals surface area contributed by atoms with Crippen molar-refractivity contribution in [1.29, 1.82) is 0 Å². The molecule has 8 rings (SSSR count). The van der Waals surface area contributed by atoms with E-state index in [4.69, 9.17) is 21.3 Å². The van der Waals surface area contributed by atoms with Crippen LogP contribution in [0, 0.1) is 6.92 Å². The molecule has 5 aromatic rings. The first-order chi connectivity index (χ1) is 24.6. The van der Waals surface area contributed by atoms with Crippen LogP contribution in [0.5, 0.6) is 5.88 Å². The van der Waals surface area contributed by atoms with Crippen LogP contribution in [0.2, 0.25) is 5.02 Å². The summed E-state index contributed by atoms with van der Waals surface area (Å²) < 4.78 is 34.7. The molecule has 2 aliphatic heterocycles. The predicted octanol–water partition coefficient (Wildman–Crippen LogP) is 7.05. The average molecular weight is 712 g/mol. The number of pyridine rings is 2. The van der Waals surface area contributed by atoms with Crippen molar-refractivity contribution in [2.45, 2.75) is 57.0 Å². The third kappa shape index (κ3) is 5.70. The SMILES string of the molecule is COc1nc(-c2cccc(-c3cccc(Nc4nc(C(F)F)cc5cnn(C)c(=O)c45)c3C)c2Cl)cc2c1C(N1CCC3(CCC(=O)N3)C1)CC2. The normalized spacial score (nSPS) is 20.1. The number of anilines is 2. The highest BCUT2D eigenvalue weighted by atomic mass is 35.5. The van der Waals surface area contributed by atoms with E-state index in [1.54, 1.807) is 13.2 Å². The topological polar surface area (TPSA) is 114 Å². The van der Waals surface area contributed by atoms with Gasteiger partial charge in [0, 0.05) is 60.4 Å². The number of nitrogens with one attached hydrogen (secondary N) is 2. The summed E-state index contributed by atoms with van der Waals surface area (Å²) in [4.78, 5) is 36.7. The van der Waals surface area contributed by atoms with Gasteiger partial charge < -0.3 is 15.4 Å². The monoisotopic (exact) mass is 711 g/mol. The molecule has 5 heterocycles. The number of carbonyl (C=O) groups excluding carboxylic acids is 1. The van der Waals surface area contributed by atoms with Crippen LogP contribution in [-0.4, -0.2) is 56.3 Å². The fourth-order valence-corrected chi connectivity index (χ4v) is 8.42. The van der Waals surface area contributed by atoms with Crippen LogP contribution in [0.1, 0.15) is 60.5 Å². The number of hydrogen-bond acceptors (Lipinski definition) is 8. The van der Waals surface area contributed by atoms with E-state index in [0.29, 0.717) is 28.7 Å². The standard InChI is InChI=1S/C38H36ClF2N7O3/c1-20-23(6-5-9-26(20)43-35-32-22(17-28(44-35)34(40)41)18-42-47(2)37(32)50)24-7-4-8-25(33(24)39)27-16-21-10-11-29(31(21)36(45-27)51-3)48-15-14-38(19-48)13-12-30(49)46-38/h4-9,16-18,29,34H,10-15,19H2,1-3H3,(H,43,44)(H,46,49). The molecule has 2 fully saturated rings. The maximum Gasteiger partial charge on any atom is 0.280 e. The molecule has 2 saturated heterocycles. The Balaban J connectivity index is 1.13. The number of alkyl halides is 2. The molecule has 1 aliphatic carbocycles. The van der Waals surface area contributed by atoms with Crippen LogP contribution in [0.15, 0.2) is 59.5 Å². The van der Waals surface area contributed by atoms with Gasteiger partial charge in [-0.1, -0.05) is 41.9 Å². The lowest BCUT2D eigenvalue weighted by Gasteiger charge is -2.28. The highest BCUT2D eigenvalue weighted by molar-refractivity contribution is 6.36. The Morgan fingerprint density at radius 3 is 2.61 bits per heavy atom. The van der Waals surface area contributed by atoms with Crippen molar-refractivity contribution in [1.82, 2.24) is 30.0 Å². The second-order valence-electron chi connectivity index (χ2n) is 13.7. The molecule has 2 unspecified atom stereocenters. The maximum absolute atomic E-state index is 13.8.